The minimum Gasteiger partial charge on any atom is -0.342 e. The number of nitrogens with one attached hydrogen (secondary N) is 1. The molecule has 1 saturated heterocycles. The Morgan fingerprint density at radius 1 is 1.36 bits per heavy atom. The third-order valence-corrected chi connectivity index (χ3v) is 4.74. The summed E-state index contributed by atoms with van der Waals surface area (Å²) in [6.07, 6.45) is 2.05. The lowest BCUT2D eigenvalue weighted by molar-refractivity contribution is 0.0700. The van der Waals surface area contributed by atoms with E-state index in [0.29, 0.717) is 12.2 Å². The van der Waals surface area contributed by atoms with Gasteiger partial charge in [0.2, 0.25) is 0 Å². The molecule has 0 radical (unpaired) electrons. The van der Waals surface area contributed by atoms with Crippen molar-refractivity contribution in [2.75, 3.05) is 13.1 Å². The van der Waals surface area contributed by atoms with Gasteiger partial charge in [-0.25, -0.2) is 9.97 Å². The molecule has 1 fully saturated rings. The summed E-state index contributed by atoms with van der Waals surface area (Å²) in [6, 6.07) is 8.04. The molecule has 1 N–H and O–H groups in total. The number of para-hydroxylation sites is 2. The SMILES string of the molecule is O=C(c1cscn1)N1CCC[C@@H](c2nc3ccccc3[nH]2)C1. The molecule has 0 spiro atoms. The van der Waals surface area contributed by atoms with Crippen molar-refractivity contribution < 1.29 is 4.79 Å². The predicted octanol–water partition coefficient (Wildman–Crippen LogP) is 3.04. The second kappa shape index (κ2) is 5.53. The van der Waals surface area contributed by atoms with E-state index in [1.54, 1.807) is 5.51 Å². The van der Waals surface area contributed by atoms with Crippen molar-refractivity contribution in [2.45, 2.75) is 18.8 Å². The number of thiazole rings is 1. The maximum absolute atomic E-state index is 12.4. The van der Waals surface area contributed by atoms with Gasteiger partial charge in [0.05, 0.1) is 16.5 Å². The molecule has 0 unspecified atom stereocenters. The van der Waals surface area contributed by atoms with E-state index in [9.17, 15) is 4.79 Å². The highest BCUT2D eigenvalue weighted by atomic mass is 32.1. The molecule has 1 aliphatic rings. The van der Waals surface area contributed by atoms with Crippen LogP contribution in [0.3, 0.4) is 0 Å². The number of piperidine rings is 1. The van der Waals surface area contributed by atoms with Crippen molar-refractivity contribution in [2.24, 2.45) is 0 Å². The number of fused-ring (bicyclic) bond motifs is 1. The van der Waals surface area contributed by atoms with Crippen LogP contribution in [0.2, 0.25) is 0 Å². The van der Waals surface area contributed by atoms with E-state index in [1.165, 1.54) is 11.3 Å². The lowest BCUT2D eigenvalue weighted by Gasteiger charge is -2.31. The fourth-order valence-corrected chi connectivity index (χ4v) is 3.56. The van der Waals surface area contributed by atoms with Gasteiger partial charge >= 0.3 is 0 Å². The van der Waals surface area contributed by atoms with Crippen LogP contribution in [0.15, 0.2) is 35.2 Å². The number of carbonyl (C=O) groups is 1. The summed E-state index contributed by atoms with van der Waals surface area (Å²) in [4.78, 5) is 26.6. The number of nitrogens with zero attached hydrogens (tertiary/aromatic N) is 3. The van der Waals surface area contributed by atoms with E-state index in [0.717, 1.165) is 36.2 Å². The Labute approximate surface area is 132 Å². The molecule has 0 aliphatic carbocycles. The van der Waals surface area contributed by atoms with E-state index < -0.39 is 0 Å². The summed E-state index contributed by atoms with van der Waals surface area (Å²) >= 11 is 1.45. The third-order valence-electron chi connectivity index (χ3n) is 4.15. The second-order valence-corrected chi connectivity index (χ2v) is 6.32. The maximum atomic E-state index is 12.4. The third kappa shape index (κ3) is 2.39. The van der Waals surface area contributed by atoms with Gasteiger partial charge in [-0.15, -0.1) is 11.3 Å². The summed E-state index contributed by atoms with van der Waals surface area (Å²) in [5.41, 5.74) is 4.30. The molecule has 6 heteroatoms. The van der Waals surface area contributed by atoms with E-state index in [4.69, 9.17) is 0 Å². The first-order chi connectivity index (χ1) is 10.8. The Hall–Kier alpha value is -2.21. The van der Waals surface area contributed by atoms with E-state index in [2.05, 4.69) is 15.0 Å². The van der Waals surface area contributed by atoms with Crippen molar-refractivity contribution in [1.82, 2.24) is 19.9 Å². The lowest BCUT2D eigenvalue weighted by Crippen LogP contribution is -2.39. The molecule has 4 rings (SSSR count). The molecule has 0 saturated carbocycles. The number of likely N-dealkylation sites (tertiary alicyclic amines) is 1. The lowest BCUT2D eigenvalue weighted by atomic mass is 9.97. The molecule has 5 nitrogen and oxygen atoms in total. The molecular formula is C16H16N4OS. The van der Waals surface area contributed by atoms with Crippen molar-refractivity contribution in [3.8, 4) is 0 Å². The van der Waals surface area contributed by atoms with Gasteiger partial charge in [-0.05, 0) is 25.0 Å². The summed E-state index contributed by atoms with van der Waals surface area (Å²) < 4.78 is 0. The molecule has 1 aromatic carbocycles. The van der Waals surface area contributed by atoms with Crippen molar-refractivity contribution in [1.29, 1.82) is 0 Å². The Balaban J connectivity index is 1.56. The quantitative estimate of drug-likeness (QED) is 0.791. The highest BCUT2D eigenvalue weighted by Gasteiger charge is 2.28. The fourth-order valence-electron chi connectivity index (χ4n) is 3.03. The first kappa shape index (κ1) is 13.5. The van der Waals surface area contributed by atoms with E-state index in [1.807, 2.05) is 34.5 Å². The number of benzene rings is 1. The fraction of sp³-hybridized carbons (Fsp3) is 0.312. The summed E-state index contributed by atoms with van der Waals surface area (Å²) in [5.74, 6) is 1.28. The van der Waals surface area contributed by atoms with Crippen LogP contribution < -0.4 is 0 Å². The Bertz CT molecular complexity index is 762. The molecule has 2 aromatic heterocycles. The van der Waals surface area contributed by atoms with Gasteiger partial charge in [-0.2, -0.15) is 0 Å². The molecule has 1 amide bonds. The maximum Gasteiger partial charge on any atom is 0.273 e. The van der Waals surface area contributed by atoms with Gasteiger partial charge in [0.15, 0.2) is 0 Å². The first-order valence-corrected chi connectivity index (χ1v) is 8.37. The number of amides is 1. The van der Waals surface area contributed by atoms with Crippen molar-refractivity contribution in [3.63, 3.8) is 0 Å². The minimum absolute atomic E-state index is 0.0297. The van der Waals surface area contributed by atoms with Crippen LogP contribution in [0.5, 0.6) is 0 Å². The number of imidazole rings is 1. The van der Waals surface area contributed by atoms with Crippen LogP contribution in [0.25, 0.3) is 11.0 Å². The van der Waals surface area contributed by atoms with Crippen LogP contribution in [0, 0.1) is 0 Å². The van der Waals surface area contributed by atoms with E-state index in [-0.39, 0.29) is 11.8 Å². The summed E-state index contributed by atoms with van der Waals surface area (Å²) in [5, 5.41) is 1.81. The number of H-pyrrole nitrogens is 1. The second-order valence-electron chi connectivity index (χ2n) is 5.60. The standard InChI is InChI=1S/C16H16N4OS/c21-16(14-9-22-10-17-14)20-7-3-4-11(8-20)15-18-12-5-1-2-6-13(12)19-15/h1-2,5-6,9-11H,3-4,7-8H2,(H,18,19)/t11-/m1/s1. The minimum atomic E-state index is 0.0297. The van der Waals surface area contributed by atoms with Gasteiger partial charge < -0.3 is 9.88 Å². The van der Waals surface area contributed by atoms with Crippen LogP contribution in [0.4, 0.5) is 0 Å². The molecule has 3 heterocycles. The molecule has 112 valence electrons. The van der Waals surface area contributed by atoms with Crippen molar-refractivity contribution >= 4 is 28.3 Å². The smallest absolute Gasteiger partial charge is 0.273 e. The van der Waals surface area contributed by atoms with Crippen molar-refractivity contribution in [3.05, 3.63) is 46.7 Å². The van der Waals surface area contributed by atoms with E-state index >= 15 is 0 Å². The Morgan fingerprint density at radius 3 is 3.09 bits per heavy atom. The average Bonchev–Trinajstić information content (AvgIpc) is 3.23. The molecule has 3 aromatic rings. The van der Waals surface area contributed by atoms with Crippen LogP contribution in [0.1, 0.15) is 35.1 Å². The average molecular weight is 312 g/mol. The van der Waals surface area contributed by atoms with Gasteiger partial charge in [-0.3, -0.25) is 4.79 Å². The molecule has 1 atom stereocenters. The molecular weight excluding hydrogens is 296 g/mol. The van der Waals surface area contributed by atoms with Crippen LogP contribution in [-0.4, -0.2) is 38.8 Å². The highest BCUT2D eigenvalue weighted by Crippen LogP contribution is 2.27. The monoisotopic (exact) mass is 312 g/mol. The number of aromatic nitrogens is 3. The zero-order chi connectivity index (χ0) is 14.9. The number of hydrogen-bond donors (Lipinski definition) is 1. The highest BCUT2D eigenvalue weighted by molar-refractivity contribution is 7.07. The number of rotatable bonds is 2. The number of aromatic amines is 1. The van der Waals surface area contributed by atoms with Gasteiger partial charge in [0.25, 0.3) is 5.91 Å². The molecule has 1 aliphatic heterocycles. The predicted molar refractivity (Wildman–Crippen MR) is 86.1 cm³/mol. The zero-order valence-electron chi connectivity index (χ0n) is 12.0. The number of carbonyl (C=O) groups excluding carboxylic acids is 1. The Morgan fingerprint density at radius 2 is 2.27 bits per heavy atom. The van der Waals surface area contributed by atoms with Crippen LogP contribution >= 0.6 is 11.3 Å². The van der Waals surface area contributed by atoms with Gasteiger partial charge in [0.1, 0.15) is 11.5 Å². The Kier molecular flexibility index (Phi) is 3.38. The largest absolute Gasteiger partial charge is 0.342 e. The van der Waals surface area contributed by atoms with Crippen LogP contribution in [-0.2, 0) is 0 Å². The molecule has 0 bridgehead atoms. The van der Waals surface area contributed by atoms with Gasteiger partial charge in [0, 0.05) is 24.4 Å². The summed E-state index contributed by atoms with van der Waals surface area (Å²) in [7, 11) is 0. The normalized spacial score (nSPS) is 18.7. The summed E-state index contributed by atoms with van der Waals surface area (Å²) in [6.45, 7) is 1.50. The number of hydrogen-bond acceptors (Lipinski definition) is 4. The zero-order valence-corrected chi connectivity index (χ0v) is 12.8. The van der Waals surface area contributed by atoms with Gasteiger partial charge in [-0.1, -0.05) is 12.1 Å². The topological polar surface area (TPSA) is 61.9 Å². The molecule has 22 heavy (non-hydrogen) atoms. The first-order valence-electron chi connectivity index (χ1n) is 7.43.